The van der Waals surface area contributed by atoms with Gasteiger partial charge in [0.15, 0.2) is 0 Å². The highest BCUT2D eigenvalue weighted by molar-refractivity contribution is 5.95. The van der Waals surface area contributed by atoms with E-state index in [0.29, 0.717) is 11.4 Å². The average Bonchev–Trinajstić information content (AvgIpc) is 2.21. The van der Waals surface area contributed by atoms with Crippen LogP contribution in [0.5, 0.6) is 0 Å². The number of amides is 1. The zero-order valence-corrected chi connectivity index (χ0v) is 9.38. The molecule has 1 rings (SSSR count). The van der Waals surface area contributed by atoms with Gasteiger partial charge in [-0.3, -0.25) is 4.79 Å². The topological polar surface area (TPSA) is 67.1 Å². The minimum atomic E-state index is -0.353. The number of halogens is 1. The van der Waals surface area contributed by atoms with Gasteiger partial charge < -0.3 is 16.4 Å². The van der Waals surface area contributed by atoms with Gasteiger partial charge in [0, 0.05) is 6.04 Å². The molecule has 0 saturated carbocycles. The summed E-state index contributed by atoms with van der Waals surface area (Å²) in [7, 11) is 0. The summed E-state index contributed by atoms with van der Waals surface area (Å²) in [5, 5.41) is 5.65. The van der Waals surface area contributed by atoms with Crippen molar-refractivity contribution in [2.45, 2.75) is 19.9 Å². The molecule has 0 saturated heterocycles. The number of benzene rings is 1. The molecule has 5 heteroatoms. The highest BCUT2D eigenvalue weighted by Gasteiger charge is 2.07. The first-order valence-electron chi connectivity index (χ1n) is 5.09. The highest BCUT2D eigenvalue weighted by atomic mass is 19.1. The van der Waals surface area contributed by atoms with E-state index in [1.807, 2.05) is 13.8 Å². The monoisotopic (exact) mass is 225 g/mol. The van der Waals surface area contributed by atoms with Gasteiger partial charge in [-0.25, -0.2) is 4.39 Å². The van der Waals surface area contributed by atoms with E-state index in [1.54, 1.807) is 0 Å². The van der Waals surface area contributed by atoms with Crippen molar-refractivity contribution in [1.82, 2.24) is 0 Å². The molecule has 0 spiro atoms. The van der Waals surface area contributed by atoms with Crippen LogP contribution in [-0.2, 0) is 4.79 Å². The van der Waals surface area contributed by atoms with Crippen molar-refractivity contribution in [2.24, 2.45) is 5.73 Å². The van der Waals surface area contributed by atoms with Gasteiger partial charge in [-0.05, 0) is 32.0 Å². The summed E-state index contributed by atoms with van der Waals surface area (Å²) in [5.41, 5.74) is 6.28. The Morgan fingerprint density at radius 1 is 1.44 bits per heavy atom. The summed E-state index contributed by atoms with van der Waals surface area (Å²) in [5.74, 6) is -0.660. The zero-order chi connectivity index (χ0) is 12.1. The highest BCUT2D eigenvalue weighted by Crippen LogP contribution is 2.23. The second-order valence-electron chi connectivity index (χ2n) is 3.74. The van der Waals surface area contributed by atoms with E-state index >= 15 is 0 Å². The van der Waals surface area contributed by atoms with Gasteiger partial charge in [0.25, 0.3) is 0 Å². The van der Waals surface area contributed by atoms with Gasteiger partial charge in [0.2, 0.25) is 5.91 Å². The van der Waals surface area contributed by atoms with Crippen LogP contribution in [-0.4, -0.2) is 18.5 Å². The number of nitrogens with two attached hydrogens (primary N) is 1. The van der Waals surface area contributed by atoms with Gasteiger partial charge in [-0.1, -0.05) is 0 Å². The summed E-state index contributed by atoms with van der Waals surface area (Å²) in [6, 6.07) is 4.28. The molecule has 0 bridgehead atoms. The molecule has 0 heterocycles. The number of carbonyl (C=O) groups is 1. The maximum atomic E-state index is 13.0. The first kappa shape index (κ1) is 12.4. The largest absolute Gasteiger partial charge is 0.381 e. The Morgan fingerprint density at radius 2 is 2.12 bits per heavy atom. The molecule has 0 aliphatic carbocycles. The molecule has 1 amide bonds. The zero-order valence-electron chi connectivity index (χ0n) is 9.38. The Bertz CT molecular complexity index is 379. The predicted octanol–water partition coefficient (Wildman–Crippen LogP) is 1.54. The van der Waals surface area contributed by atoms with E-state index in [4.69, 9.17) is 5.73 Å². The molecule has 0 radical (unpaired) electrons. The minimum Gasteiger partial charge on any atom is -0.381 e. The summed E-state index contributed by atoms with van der Waals surface area (Å²) in [6.07, 6.45) is 0. The maximum Gasteiger partial charge on any atom is 0.238 e. The maximum absolute atomic E-state index is 13.0. The number of nitrogens with one attached hydrogen (secondary N) is 2. The van der Waals surface area contributed by atoms with E-state index in [-0.39, 0.29) is 24.3 Å². The molecule has 0 unspecified atom stereocenters. The van der Waals surface area contributed by atoms with Crippen LogP contribution in [0.1, 0.15) is 13.8 Å². The van der Waals surface area contributed by atoms with Crippen LogP contribution in [0.2, 0.25) is 0 Å². The van der Waals surface area contributed by atoms with Crippen LogP contribution in [0.4, 0.5) is 15.8 Å². The fourth-order valence-electron chi connectivity index (χ4n) is 1.26. The van der Waals surface area contributed by atoms with Gasteiger partial charge in [0.05, 0.1) is 17.9 Å². The molecule has 4 nitrogen and oxygen atoms in total. The normalized spacial score (nSPS) is 10.3. The van der Waals surface area contributed by atoms with Crippen LogP contribution in [0, 0.1) is 5.82 Å². The van der Waals surface area contributed by atoms with Gasteiger partial charge in [-0.2, -0.15) is 0 Å². The standard InChI is InChI=1S/C11H16FN3O/c1-7(2)14-10-5-8(12)3-4-9(10)15-11(16)6-13/h3-5,7,14H,6,13H2,1-2H3,(H,15,16). The average molecular weight is 225 g/mol. The Balaban J connectivity index is 2.93. The van der Waals surface area contributed by atoms with Crippen LogP contribution in [0.3, 0.4) is 0 Å². The molecule has 0 fully saturated rings. The van der Waals surface area contributed by atoms with E-state index in [0.717, 1.165) is 0 Å². The molecule has 16 heavy (non-hydrogen) atoms. The third-order valence-corrected chi connectivity index (χ3v) is 1.89. The van der Waals surface area contributed by atoms with Gasteiger partial charge in [-0.15, -0.1) is 0 Å². The molecule has 0 aliphatic rings. The lowest BCUT2D eigenvalue weighted by atomic mass is 10.2. The third-order valence-electron chi connectivity index (χ3n) is 1.89. The summed E-state index contributed by atoms with van der Waals surface area (Å²) in [4.78, 5) is 11.1. The van der Waals surface area contributed by atoms with Gasteiger partial charge in [0.1, 0.15) is 5.82 Å². The van der Waals surface area contributed by atoms with Crippen molar-refractivity contribution in [3.05, 3.63) is 24.0 Å². The molecule has 1 aromatic carbocycles. The first-order chi connectivity index (χ1) is 7.52. The molecule has 88 valence electrons. The Labute approximate surface area is 94.0 Å². The third kappa shape index (κ3) is 3.51. The number of hydrogen-bond donors (Lipinski definition) is 3. The molecule has 0 atom stereocenters. The lowest BCUT2D eigenvalue weighted by molar-refractivity contribution is -0.114. The van der Waals surface area contributed by atoms with Crippen molar-refractivity contribution < 1.29 is 9.18 Å². The fourth-order valence-corrected chi connectivity index (χ4v) is 1.26. The first-order valence-corrected chi connectivity index (χ1v) is 5.09. The predicted molar refractivity (Wildman–Crippen MR) is 62.8 cm³/mol. The van der Waals surface area contributed by atoms with Crippen LogP contribution in [0.25, 0.3) is 0 Å². The lowest BCUT2D eigenvalue weighted by Gasteiger charge is -2.15. The molecular formula is C11H16FN3O. The smallest absolute Gasteiger partial charge is 0.238 e. The molecular weight excluding hydrogens is 209 g/mol. The van der Waals surface area contributed by atoms with Crippen LogP contribution < -0.4 is 16.4 Å². The Kier molecular flexibility index (Phi) is 4.25. The second kappa shape index (κ2) is 5.46. The summed E-state index contributed by atoms with van der Waals surface area (Å²) in [6.45, 7) is 3.76. The molecule has 0 aromatic heterocycles. The van der Waals surface area contributed by atoms with E-state index in [9.17, 15) is 9.18 Å². The van der Waals surface area contributed by atoms with E-state index in [1.165, 1.54) is 18.2 Å². The summed E-state index contributed by atoms with van der Waals surface area (Å²) < 4.78 is 13.0. The molecule has 0 aliphatic heterocycles. The van der Waals surface area contributed by atoms with Crippen LogP contribution >= 0.6 is 0 Å². The van der Waals surface area contributed by atoms with Crippen molar-refractivity contribution in [1.29, 1.82) is 0 Å². The second-order valence-corrected chi connectivity index (χ2v) is 3.74. The fraction of sp³-hybridized carbons (Fsp3) is 0.364. The quantitative estimate of drug-likeness (QED) is 0.728. The van der Waals surface area contributed by atoms with Gasteiger partial charge >= 0.3 is 0 Å². The van der Waals surface area contributed by atoms with Crippen molar-refractivity contribution in [2.75, 3.05) is 17.2 Å². The number of anilines is 2. The molecule has 4 N–H and O–H groups in total. The number of carbonyl (C=O) groups excluding carboxylic acids is 1. The Hall–Kier alpha value is -1.62. The van der Waals surface area contributed by atoms with E-state index < -0.39 is 0 Å². The van der Waals surface area contributed by atoms with Crippen LogP contribution in [0.15, 0.2) is 18.2 Å². The SMILES string of the molecule is CC(C)Nc1cc(F)ccc1NC(=O)CN. The number of rotatable bonds is 4. The van der Waals surface area contributed by atoms with Crippen molar-refractivity contribution in [3.8, 4) is 0 Å². The van der Waals surface area contributed by atoms with Crippen molar-refractivity contribution in [3.63, 3.8) is 0 Å². The molecule has 1 aromatic rings. The van der Waals surface area contributed by atoms with E-state index in [2.05, 4.69) is 10.6 Å². The summed E-state index contributed by atoms with van der Waals surface area (Å²) >= 11 is 0. The Morgan fingerprint density at radius 3 is 2.69 bits per heavy atom. The number of hydrogen-bond acceptors (Lipinski definition) is 3. The van der Waals surface area contributed by atoms with Crippen molar-refractivity contribution >= 4 is 17.3 Å². The lowest BCUT2D eigenvalue weighted by Crippen LogP contribution is -2.23. The minimum absolute atomic E-state index is 0.0987.